The summed E-state index contributed by atoms with van der Waals surface area (Å²) >= 11 is 0. The molecule has 1 aromatic carbocycles. The number of halogens is 4. The fourth-order valence-corrected chi connectivity index (χ4v) is 1.98. The van der Waals surface area contributed by atoms with Crippen LogP contribution < -0.4 is 24.8 Å². The molecule has 0 unspecified atom stereocenters. The van der Waals surface area contributed by atoms with E-state index in [0.717, 1.165) is 0 Å². The zero-order chi connectivity index (χ0) is 16.7. The lowest BCUT2D eigenvalue weighted by Crippen LogP contribution is -2.37. The highest BCUT2D eigenvalue weighted by Gasteiger charge is 2.20. The Kier molecular flexibility index (Phi) is 8.79. The van der Waals surface area contributed by atoms with E-state index in [0.29, 0.717) is 36.0 Å². The molecule has 2 N–H and O–H groups in total. The molecule has 0 fully saturated rings. The molecule has 0 spiro atoms. The van der Waals surface area contributed by atoms with Crippen molar-refractivity contribution in [3.8, 4) is 17.2 Å². The first kappa shape index (κ1) is 20.5. The molecular formula is C14H19F3IN3O3. The van der Waals surface area contributed by atoms with Gasteiger partial charge in [-0.3, -0.25) is 9.38 Å². The fraction of sp³-hybridized carbons (Fsp3) is 0.500. The molecule has 0 radical (unpaired) electrons. The van der Waals surface area contributed by atoms with Gasteiger partial charge in [0.2, 0.25) is 6.79 Å². The van der Waals surface area contributed by atoms with Gasteiger partial charge in [0.05, 0.1) is 6.67 Å². The summed E-state index contributed by atoms with van der Waals surface area (Å²) < 4.78 is 52.1. The molecule has 0 aromatic heterocycles. The van der Waals surface area contributed by atoms with E-state index in [1.54, 1.807) is 13.1 Å². The molecule has 1 heterocycles. The average Bonchev–Trinajstić information content (AvgIpc) is 2.97. The van der Waals surface area contributed by atoms with Crippen LogP contribution in [0.1, 0.15) is 12.0 Å². The molecule has 0 aliphatic carbocycles. The van der Waals surface area contributed by atoms with Gasteiger partial charge in [-0.2, -0.15) is 8.78 Å². The van der Waals surface area contributed by atoms with Crippen molar-refractivity contribution < 1.29 is 27.4 Å². The SMILES string of the molecule is CN=C(NCCCF)NCc1cc2c(cc1OC(F)F)OCO2.I. The Hall–Kier alpha value is -1.59. The molecule has 2 rings (SSSR count). The van der Waals surface area contributed by atoms with Gasteiger partial charge in [-0.25, -0.2) is 0 Å². The van der Waals surface area contributed by atoms with E-state index >= 15 is 0 Å². The van der Waals surface area contributed by atoms with Crippen molar-refractivity contribution in [2.75, 3.05) is 27.1 Å². The van der Waals surface area contributed by atoms with E-state index in [1.807, 2.05) is 0 Å². The van der Waals surface area contributed by atoms with Crippen LogP contribution in [-0.4, -0.2) is 39.6 Å². The van der Waals surface area contributed by atoms with Gasteiger partial charge < -0.3 is 24.8 Å². The van der Waals surface area contributed by atoms with Crippen molar-refractivity contribution in [1.82, 2.24) is 10.6 Å². The quantitative estimate of drug-likeness (QED) is 0.283. The molecule has 0 saturated heterocycles. The van der Waals surface area contributed by atoms with Crippen molar-refractivity contribution in [3.63, 3.8) is 0 Å². The molecule has 1 aliphatic heterocycles. The van der Waals surface area contributed by atoms with Crippen LogP contribution in [0.2, 0.25) is 0 Å². The van der Waals surface area contributed by atoms with Gasteiger partial charge in [0.25, 0.3) is 0 Å². The lowest BCUT2D eigenvalue weighted by molar-refractivity contribution is -0.0505. The van der Waals surface area contributed by atoms with Gasteiger partial charge in [0.1, 0.15) is 5.75 Å². The summed E-state index contributed by atoms with van der Waals surface area (Å²) in [6.45, 7) is -2.76. The summed E-state index contributed by atoms with van der Waals surface area (Å²) in [6.07, 6.45) is 0.352. The van der Waals surface area contributed by atoms with Crippen LogP contribution in [-0.2, 0) is 6.54 Å². The maximum absolute atomic E-state index is 12.5. The summed E-state index contributed by atoms with van der Waals surface area (Å²) in [4.78, 5) is 3.97. The van der Waals surface area contributed by atoms with Crippen molar-refractivity contribution in [3.05, 3.63) is 17.7 Å². The minimum absolute atomic E-state index is 0. The molecule has 136 valence electrons. The Morgan fingerprint density at radius 3 is 2.62 bits per heavy atom. The maximum Gasteiger partial charge on any atom is 0.387 e. The van der Waals surface area contributed by atoms with Gasteiger partial charge in [-0.05, 0) is 12.5 Å². The van der Waals surface area contributed by atoms with Gasteiger partial charge in [0.15, 0.2) is 17.5 Å². The Bertz CT molecular complexity index is 562. The van der Waals surface area contributed by atoms with Crippen LogP contribution in [0.15, 0.2) is 17.1 Å². The second-order valence-corrected chi connectivity index (χ2v) is 4.59. The molecule has 0 atom stereocenters. The van der Waals surface area contributed by atoms with E-state index in [4.69, 9.17) is 9.47 Å². The smallest absolute Gasteiger partial charge is 0.387 e. The zero-order valence-corrected chi connectivity index (χ0v) is 15.3. The van der Waals surface area contributed by atoms with Crippen LogP contribution in [0.4, 0.5) is 13.2 Å². The number of rotatable bonds is 7. The largest absolute Gasteiger partial charge is 0.454 e. The highest BCUT2D eigenvalue weighted by Crippen LogP contribution is 2.38. The highest BCUT2D eigenvalue weighted by atomic mass is 127. The number of ether oxygens (including phenoxy) is 3. The van der Waals surface area contributed by atoms with Crippen LogP contribution in [0.5, 0.6) is 17.2 Å². The maximum atomic E-state index is 12.5. The second kappa shape index (κ2) is 10.3. The van der Waals surface area contributed by atoms with Crippen molar-refractivity contribution in [2.45, 2.75) is 19.6 Å². The number of fused-ring (bicyclic) bond motifs is 1. The number of nitrogens with one attached hydrogen (secondary N) is 2. The first-order valence-electron chi connectivity index (χ1n) is 7.02. The number of guanidine groups is 1. The molecule has 0 bridgehead atoms. The number of benzene rings is 1. The lowest BCUT2D eigenvalue weighted by atomic mass is 10.1. The minimum atomic E-state index is -2.95. The number of hydrogen-bond donors (Lipinski definition) is 2. The van der Waals surface area contributed by atoms with Gasteiger partial charge >= 0.3 is 6.61 Å². The molecule has 10 heteroatoms. The van der Waals surface area contributed by atoms with Gasteiger partial charge in [0, 0.05) is 31.8 Å². The number of nitrogens with zero attached hydrogens (tertiary/aromatic N) is 1. The number of aliphatic imine (C=N–C) groups is 1. The zero-order valence-electron chi connectivity index (χ0n) is 13.0. The van der Waals surface area contributed by atoms with Crippen LogP contribution in [0.3, 0.4) is 0 Å². The summed E-state index contributed by atoms with van der Waals surface area (Å²) in [5.74, 6) is 1.24. The molecule has 1 aliphatic rings. The molecule has 6 nitrogen and oxygen atoms in total. The summed E-state index contributed by atoms with van der Waals surface area (Å²) in [5.41, 5.74) is 0.461. The van der Waals surface area contributed by atoms with E-state index < -0.39 is 13.3 Å². The third-order valence-corrected chi connectivity index (χ3v) is 3.04. The Morgan fingerprint density at radius 1 is 1.29 bits per heavy atom. The van der Waals surface area contributed by atoms with E-state index in [-0.39, 0.29) is 43.1 Å². The van der Waals surface area contributed by atoms with Gasteiger partial charge in [-0.1, -0.05) is 0 Å². The normalized spacial score (nSPS) is 12.8. The third kappa shape index (κ3) is 5.80. The molecule has 1 aromatic rings. The average molecular weight is 461 g/mol. The molecule has 0 amide bonds. The van der Waals surface area contributed by atoms with E-state index in [9.17, 15) is 13.2 Å². The predicted octanol–water partition coefficient (Wildman–Crippen LogP) is 2.66. The minimum Gasteiger partial charge on any atom is -0.454 e. The third-order valence-electron chi connectivity index (χ3n) is 3.04. The fourth-order valence-electron chi connectivity index (χ4n) is 1.98. The second-order valence-electron chi connectivity index (χ2n) is 4.59. The summed E-state index contributed by atoms with van der Waals surface area (Å²) in [5, 5.41) is 5.85. The molecule has 0 saturated carbocycles. The number of hydrogen-bond acceptors (Lipinski definition) is 4. The van der Waals surface area contributed by atoms with Crippen molar-refractivity contribution >= 4 is 29.9 Å². The summed E-state index contributed by atoms with van der Waals surface area (Å²) in [6, 6.07) is 2.94. The number of alkyl halides is 3. The predicted molar refractivity (Wildman–Crippen MR) is 93.4 cm³/mol. The summed E-state index contributed by atoms with van der Waals surface area (Å²) in [7, 11) is 1.56. The van der Waals surface area contributed by atoms with E-state index in [1.165, 1.54) is 6.07 Å². The molecule has 24 heavy (non-hydrogen) atoms. The Labute approximate surface area is 154 Å². The monoisotopic (exact) mass is 461 g/mol. The van der Waals surface area contributed by atoms with Crippen LogP contribution >= 0.6 is 24.0 Å². The van der Waals surface area contributed by atoms with Crippen molar-refractivity contribution in [1.29, 1.82) is 0 Å². The molecular weight excluding hydrogens is 442 g/mol. The first-order chi connectivity index (χ1) is 11.1. The Morgan fingerprint density at radius 2 is 2.00 bits per heavy atom. The first-order valence-corrected chi connectivity index (χ1v) is 7.02. The standard InChI is InChI=1S/C14H18F3N3O3.HI/c1-18-14(19-4-2-3-15)20-7-9-5-11-12(22-8-21-11)6-10(9)23-13(16)17;/h5-6,13H,2-4,7-8H2,1H3,(H2,18,19,20);1H. The van der Waals surface area contributed by atoms with Crippen molar-refractivity contribution in [2.24, 2.45) is 4.99 Å². The Balaban J connectivity index is 0.00000288. The van der Waals surface area contributed by atoms with Crippen LogP contribution in [0, 0.1) is 0 Å². The topological polar surface area (TPSA) is 64.1 Å². The lowest BCUT2D eigenvalue weighted by Gasteiger charge is -2.15. The van der Waals surface area contributed by atoms with E-state index in [2.05, 4.69) is 20.4 Å². The van der Waals surface area contributed by atoms with Crippen LogP contribution in [0.25, 0.3) is 0 Å². The highest BCUT2D eigenvalue weighted by molar-refractivity contribution is 14.0. The van der Waals surface area contributed by atoms with Gasteiger partial charge in [-0.15, -0.1) is 24.0 Å².